The molecule has 3 fully saturated rings. The predicted molar refractivity (Wildman–Crippen MR) is 111 cm³/mol. The molecule has 0 aromatic heterocycles. The van der Waals surface area contributed by atoms with Crippen molar-refractivity contribution in [2.45, 2.75) is 83.8 Å². The quantitative estimate of drug-likeness (QED) is 0.589. The highest BCUT2D eigenvalue weighted by atomic mass is 19.1. The Morgan fingerprint density at radius 2 is 1.87 bits per heavy atom. The Morgan fingerprint density at radius 1 is 1.23 bits per heavy atom. The van der Waals surface area contributed by atoms with Gasteiger partial charge in [0.1, 0.15) is 18.4 Å². The molecule has 0 aromatic rings. The van der Waals surface area contributed by atoms with Gasteiger partial charge in [0.05, 0.1) is 6.10 Å². The van der Waals surface area contributed by atoms with Gasteiger partial charge >= 0.3 is 0 Å². The van der Waals surface area contributed by atoms with Crippen molar-refractivity contribution >= 4 is 5.78 Å². The monoisotopic (exact) mass is 426 g/mol. The van der Waals surface area contributed by atoms with Crippen molar-refractivity contribution in [3.63, 3.8) is 0 Å². The van der Waals surface area contributed by atoms with Crippen molar-refractivity contribution in [1.29, 1.82) is 0 Å². The van der Waals surface area contributed by atoms with E-state index in [0.717, 1.165) is 0 Å². The zero-order chi connectivity index (χ0) is 22.7. The van der Waals surface area contributed by atoms with E-state index in [-0.39, 0.29) is 12.8 Å². The van der Waals surface area contributed by atoms with Crippen molar-refractivity contribution in [3.05, 3.63) is 23.8 Å². The maximum atomic E-state index is 16.8. The van der Waals surface area contributed by atoms with E-state index < -0.39 is 64.5 Å². The van der Waals surface area contributed by atoms with Crippen LogP contribution in [-0.4, -0.2) is 51.3 Å². The first-order chi connectivity index (χ1) is 14.0. The van der Waals surface area contributed by atoms with E-state index >= 15 is 8.78 Å². The zero-order valence-electron chi connectivity index (χ0n) is 18.7. The number of allylic oxidation sites excluding steroid dienone is 4. The van der Waals surface area contributed by atoms with E-state index in [1.807, 2.05) is 19.9 Å². The van der Waals surface area contributed by atoms with Gasteiger partial charge in [-0.1, -0.05) is 45.9 Å². The van der Waals surface area contributed by atoms with Crippen molar-refractivity contribution < 1.29 is 28.9 Å². The van der Waals surface area contributed by atoms with E-state index in [9.17, 15) is 20.1 Å². The van der Waals surface area contributed by atoms with Crippen molar-refractivity contribution in [2.24, 2.45) is 28.6 Å². The molecule has 0 amide bonds. The molecular weight excluding hydrogens is 390 g/mol. The summed E-state index contributed by atoms with van der Waals surface area (Å²) in [5.74, 6) is -2.52. The SMILES string of the molecule is CC.C[C@H]1C[C@H]2[C@@H]3C[C@H](F)C4=CCC=C[C@]4(C)[C@@]3(F)[C@@H](O)C[C@]2(C)[C@@]1(O)C(=O)CO. The minimum atomic E-state index is -2.07. The standard InChI is InChI=1S/C22H30F2O4.C2H6/c1-12-8-14-15-9-16(23)13-6-4-5-7-19(13,2)21(15,24)17(26)10-20(14,3)22(12,28)18(27)11-25;1-2/h5-7,12,14-17,25-26,28H,4,8-11H2,1-3H3;1-2H3/t12-,14-,15-,16-,17-,19-,20-,21-,22-;/m0./s1. The highest BCUT2D eigenvalue weighted by molar-refractivity contribution is 5.90. The summed E-state index contributed by atoms with van der Waals surface area (Å²) in [6.07, 6.45) is 3.18. The Balaban J connectivity index is 0.00000124. The third-order valence-corrected chi connectivity index (χ3v) is 8.83. The number of hydrogen-bond acceptors (Lipinski definition) is 4. The summed E-state index contributed by atoms with van der Waals surface area (Å²) in [7, 11) is 0. The predicted octanol–water partition coefficient (Wildman–Crippen LogP) is 3.69. The molecule has 0 bridgehead atoms. The fourth-order valence-corrected chi connectivity index (χ4v) is 7.40. The molecule has 3 N–H and O–H groups in total. The largest absolute Gasteiger partial charge is 0.390 e. The second-order valence-corrected chi connectivity index (χ2v) is 9.81. The van der Waals surface area contributed by atoms with Crippen LogP contribution in [0.25, 0.3) is 0 Å². The first-order valence-electron chi connectivity index (χ1n) is 11.2. The van der Waals surface area contributed by atoms with Gasteiger partial charge in [0.25, 0.3) is 0 Å². The van der Waals surface area contributed by atoms with Gasteiger partial charge in [-0.3, -0.25) is 4.79 Å². The van der Waals surface area contributed by atoms with Crippen LogP contribution in [0.15, 0.2) is 23.8 Å². The third-order valence-electron chi connectivity index (χ3n) is 8.83. The van der Waals surface area contributed by atoms with Gasteiger partial charge in [-0.15, -0.1) is 0 Å². The van der Waals surface area contributed by atoms with Gasteiger partial charge in [0, 0.05) is 16.7 Å². The molecule has 0 spiro atoms. The lowest BCUT2D eigenvalue weighted by atomic mass is 9.44. The Morgan fingerprint density at radius 3 is 2.47 bits per heavy atom. The average molecular weight is 427 g/mol. The van der Waals surface area contributed by atoms with Gasteiger partial charge in [0.2, 0.25) is 0 Å². The molecule has 0 unspecified atom stereocenters. The number of aliphatic hydroxyl groups is 3. The molecule has 0 radical (unpaired) electrons. The number of rotatable bonds is 2. The van der Waals surface area contributed by atoms with Crippen LogP contribution in [0, 0.1) is 28.6 Å². The van der Waals surface area contributed by atoms with Crippen molar-refractivity contribution in [1.82, 2.24) is 0 Å². The van der Waals surface area contributed by atoms with Gasteiger partial charge in [-0.25, -0.2) is 8.78 Å². The summed E-state index contributed by atoms with van der Waals surface area (Å²) < 4.78 is 32.1. The first-order valence-corrected chi connectivity index (χ1v) is 11.2. The van der Waals surface area contributed by atoms with Crippen LogP contribution >= 0.6 is 0 Å². The molecule has 4 nitrogen and oxygen atoms in total. The Labute approximate surface area is 178 Å². The maximum absolute atomic E-state index is 16.8. The van der Waals surface area contributed by atoms with Gasteiger partial charge < -0.3 is 15.3 Å². The van der Waals surface area contributed by atoms with E-state index in [4.69, 9.17) is 0 Å². The van der Waals surface area contributed by atoms with E-state index in [2.05, 4.69) is 0 Å². The molecule has 6 heteroatoms. The second kappa shape index (κ2) is 7.49. The van der Waals surface area contributed by atoms with Crippen LogP contribution < -0.4 is 0 Å². The number of halogens is 2. The first kappa shape index (κ1) is 23.6. The van der Waals surface area contributed by atoms with Crippen molar-refractivity contribution in [3.8, 4) is 0 Å². The van der Waals surface area contributed by atoms with Crippen LogP contribution in [-0.2, 0) is 4.79 Å². The molecule has 170 valence electrons. The number of alkyl halides is 2. The zero-order valence-corrected chi connectivity index (χ0v) is 18.7. The molecule has 4 rings (SSSR count). The molecule has 0 aliphatic heterocycles. The Bertz CT molecular complexity index is 766. The fraction of sp³-hybridized carbons (Fsp3) is 0.792. The maximum Gasteiger partial charge on any atom is 0.190 e. The van der Waals surface area contributed by atoms with E-state index in [1.54, 1.807) is 32.9 Å². The van der Waals surface area contributed by atoms with Gasteiger partial charge in [-0.05, 0) is 50.0 Å². The topological polar surface area (TPSA) is 77.8 Å². The number of hydrogen-bond donors (Lipinski definition) is 3. The number of ketones is 1. The Kier molecular flexibility index (Phi) is 5.88. The van der Waals surface area contributed by atoms with E-state index in [0.29, 0.717) is 18.4 Å². The summed E-state index contributed by atoms with van der Waals surface area (Å²) >= 11 is 0. The number of carbonyl (C=O) groups is 1. The summed E-state index contributed by atoms with van der Waals surface area (Å²) in [5, 5.41) is 31.9. The normalized spacial score (nSPS) is 51.7. The lowest BCUT2D eigenvalue weighted by Crippen LogP contribution is -2.70. The smallest absolute Gasteiger partial charge is 0.190 e. The number of carbonyl (C=O) groups excluding carboxylic acids is 1. The molecule has 0 aromatic carbocycles. The third kappa shape index (κ3) is 2.56. The summed E-state index contributed by atoms with van der Waals surface area (Å²) in [6.45, 7) is 8.24. The van der Waals surface area contributed by atoms with Gasteiger partial charge in [-0.2, -0.15) is 0 Å². The molecule has 3 saturated carbocycles. The number of fused-ring (bicyclic) bond motifs is 5. The van der Waals surface area contributed by atoms with Crippen LogP contribution in [0.5, 0.6) is 0 Å². The summed E-state index contributed by atoms with van der Waals surface area (Å²) in [6, 6.07) is 0. The summed E-state index contributed by atoms with van der Waals surface area (Å²) in [4.78, 5) is 12.5. The number of aliphatic hydroxyl groups excluding tert-OH is 2. The lowest BCUT2D eigenvalue weighted by Gasteiger charge is -2.63. The highest BCUT2D eigenvalue weighted by Crippen LogP contribution is 2.70. The lowest BCUT2D eigenvalue weighted by molar-refractivity contribution is -0.223. The van der Waals surface area contributed by atoms with Crippen LogP contribution in [0.1, 0.15) is 60.3 Å². The van der Waals surface area contributed by atoms with Crippen LogP contribution in [0.4, 0.5) is 8.78 Å². The highest BCUT2D eigenvalue weighted by Gasteiger charge is 2.76. The average Bonchev–Trinajstić information content (AvgIpc) is 2.93. The van der Waals surface area contributed by atoms with Gasteiger partial charge in [0.15, 0.2) is 11.5 Å². The minimum Gasteiger partial charge on any atom is -0.390 e. The number of Topliss-reactive ketones (excluding diaryl/α,β-unsaturated/α-hetero) is 1. The van der Waals surface area contributed by atoms with Crippen molar-refractivity contribution in [2.75, 3.05) is 6.61 Å². The van der Waals surface area contributed by atoms with Crippen LogP contribution in [0.3, 0.4) is 0 Å². The Hall–Kier alpha value is -1.11. The molecule has 0 saturated heterocycles. The van der Waals surface area contributed by atoms with Crippen LogP contribution in [0.2, 0.25) is 0 Å². The minimum absolute atomic E-state index is 0.0702. The molecule has 9 atom stereocenters. The molecule has 30 heavy (non-hydrogen) atoms. The molecular formula is C24H36F2O4. The fourth-order valence-electron chi connectivity index (χ4n) is 7.40. The summed E-state index contributed by atoms with van der Waals surface area (Å²) in [5.41, 5.74) is -5.92. The molecule has 4 aliphatic carbocycles. The molecule has 0 heterocycles. The molecule has 4 aliphatic rings. The second-order valence-electron chi connectivity index (χ2n) is 9.81. The van der Waals surface area contributed by atoms with E-state index in [1.165, 1.54) is 0 Å².